The molecule has 2 unspecified atom stereocenters. The lowest BCUT2D eigenvalue weighted by atomic mass is 9.90. The SMILES string of the molecule is CC(C)(C)C(O)COCC(CSCc1ccccc1)OC[C@H](O)C(C)(C)C. The van der Waals surface area contributed by atoms with E-state index >= 15 is 0 Å². The highest BCUT2D eigenvalue weighted by atomic mass is 32.2. The molecule has 1 aromatic carbocycles. The predicted molar refractivity (Wildman–Crippen MR) is 114 cm³/mol. The molecule has 3 atom stereocenters. The van der Waals surface area contributed by atoms with Crippen LogP contribution in [0.2, 0.25) is 0 Å². The van der Waals surface area contributed by atoms with Crippen molar-refractivity contribution in [1.82, 2.24) is 0 Å². The lowest BCUT2D eigenvalue weighted by Crippen LogP contribution is -2.36. The highest BCUT2D eigenvalue weighted by molar-refractivity contribution is 7.98. The van der Waals surface area contributed by atoms with Crippen LogP contribution < -0.4 is 0 Å². The van der Waals surface area contributed by atoms with E-state index in [0.717, 1.165) is 11.5 Å². The molecule has 0 amide bonds. The van der Waals surface area contributed by atoms with E-state index in [0.29, 0.717) is 6.61 Å². The second kappa shape index (κ2) is 11.4. The maximum absolute atomic E-state index is 10.2. The minimum atomic E-state index is -0.528. The Kier molecular flexibility index (Phi) is 10.3. The van der Waals surface area contributed by atoms with Gasteiger partial charge in [-0.25, -0.2) is 0 Å². The Balaban J connectivity index is 2.49. The summed E-state index contributed by atoms with van der Waals surface area (Å²) in [6, 6.07) is 10.3. The second-order valence-electron chi connectivity index (χ2n) is 9.26. The second-order valence-corrected chi connectivity index (χ2v) is 10.3. The van der Waals surface area contributed by atoms with Crippen LogP contribution >= 0.6 is 11.8 Å². The zero-order valence-corrected chi connectivity index (χ0v) is 18.6. The molecule has 0 fully saturated rings. The molecule has 0 aliphatic carbocycles. The molecular weight excluding hydrogens is 360 g/mol. The number of thioether (sulfide) groups is 1. The van der Waals surface area contributed by atoms with E-state index < -0.39 is 12.2 Å². The molecule has 2 N–H and O–H groups in total. The van der Waals surface area contributed by atoms with E-state index in [1.54, 1.807) is 11.8 Å². The first-order chi connectivity index (χ1) is 12.5. The Labute approximate surface area is 169 Å². The number of ether oxygens (including phenoxy) is 2. The Morgan fingerprint density at radius 2 is 1.41 bits per heavy atom. The van der Waals surface area contributed by atoms with E-state index in [-0.39, 0.29) is 30.1 Å². The van der Waals surface area contributed by atoms with E-state index in [1.165, 1.54) is 5.56 Å². The third-order valence-corrected chi connectivity index (χ3v) is 5.63. The molecule has 0 saturated heterocycles. The summed E-state index contributed by atoms with van der Waals surface area (Å²) in [5.74, 6) is 1.69. The summed E-state index contributed by atoms with van der Waals surface area (Å²) in [5.41, 5.74) is 0.853. The van der Waals surface area contributed by atoms with E-state index in [4.69, 9.17) is 9.47 Å². The molecule has 0 heterocycles. The molecule has 1 aromatic rings. The van der Waals surface area contributed by atoms with E-state index in [9.17, 15) is 10.2 Å². The number of aliphatic hydroxyl groups is 2. The number of aliphatic hydroxyl groups excluding tert-OH is 2. The topological polar surface area (TPSA) is 58.9 Å². The molecule has 0 aliphatic rings. The van der Waals surface area contributed by atoms with Crippen LogP contribution in [0.3, 0.4) is 0 Å². The Morgan fingerprint density at radius 1 is 0.852 bits per heavy atom. The molecule has 0 saturated carbocycles. The Bertz CT molecular complexity index is 507. The first kappa shape index (κ1) is 24.4. The van der Waals surface area contributed by atoms with Gasteiger partial charge in [-0.2, -0.15) is 11.8 Å². The zero-order chi connectivity index (χ0) is 20.5. The van der Waals surface area contributed by atoms with Crippen molar-refractivity contribution >= 4 is 11.8 Å². The Hall–Kier alpha value is -0.590. The van der Waals surface area contributed by atoms with Crippen molar-refractivity contribution in [3.05, 3.63) is 35.9 Å². The largest absolute Gasteiger partial charge is 0.390 e. The molecule has 0 aliphatic heterocycles. The molecule has 0 radical (unpaired) electrons. The lowest BCUT2D eigenvalue weighted by molar-refractivity contribution is -0.0828. The van der Waals surface area contributed by atoms with Gasteiger partial charge in [0.25, 0.3) is 0 Å². The number of hydrogen-bond acceptors (Lipinski definition) is 5. The van der Waals surface area contributed by atoms with E-state index in [2.05, 4.69) is 12.1 Å². The standard InChI is InChI=1S/C22H38O4S/c1-21(2,3)19(23)13-25-12-18(26-14-20(24)22(4,5)6)16-27-15-17-10-8-7-9-11-17/h7-11,18-20,23-24H,12-16H2,1-6H3/t18?,19?,20-/m0/s1. The number of hydrogen-bond donors (Lipinski definition) is 2. The van der Waals surface area contributed by atoms with Crippen LogP contribution in [0.5, 0.6) is 0 Å². The van der Waals surface area contributed by atoms with Gasteiger partial charge in [-0.15, -0.1) is 0 Å². The highest BCUT2D eigenvalue weighted by Gasteiger charge is 2.25. The summed E-state index contributed by atoms with van der Waals surface area (Å²) >= 11 is 1.79. The van der Waals surface area contributed by atoms with Gasteiger partial charge in [0.2, 0.25) is 0 Å². The van der Waals surface area contributed by atoms with Crippen LogP contribution in [0.15, 0.2) is 30.3 Å². The van der Waals surface area contributed by atoms with E-state index in [1.807, 2.05) is 59.7 Å². The van der Waals surface area contributed by atoms with Gasteiger partial charge in [0.05, 0.1) is 38.1 Å². The summed E-state index contributed by atoms with van der Waals surface area (Å²) in [4.78, 5) is 0. The first-order valence-corrected chi connectivity index (χ1v) is 10.8. The van der Waals surface area contributed by atoms with Crippen LogP contribution in [0.25, 0.3) is 0 Å². The van der Waals surface area contributed by atoms with Gasteiger partial charge in [0.15, 0.2) is 0 Å². The molecule has 27 heavy (non-hydrogen) atoms. The summed E-state index contributed by atoms with van der Waals surface area (Å²) in [7, 11) is 0. The van der Waals surface area contributed by atoms with Crippen molar-refractivity contribution in [2.24, 2.45) is 10.8 Å². The summed E-state index contributed by atoms with van der Waals surface area (Å²) in [6.07, 6.45) is -1.17. The van der Waals surface area contributed by atoms with Gasteiger partial charge in [-0.3, -0.25) is 0 Å². The van der Waals surface area contributed by atoms with Crippen LogP contribution in [0, 0.1) is 10.8 Å². The minimum absolute atomic E-state index is 0.122. The quantitative estimate of drug-likeness (QED) is 0.587. The van der Waals surface area contributed by atoms with Crippen molar-refractivity contribution in [2.75, 3.05) is 25.6 Å². The van der Waals surface area contributed by atoms with Gasteiger partial charge in [-0.1, -0.05) is 71.9 Å². The third kappa shape index (κ3) is 10.5. The summed E-state index contributed by atoms with van der Waals surface area (Å²) < 4.78 is 11.7. The monoisotopic (exact) mass is 398 g/mol. The normalized spacial score (nSPS) is 16.1. The summed E-state index contributed by atoms with van der Waals surface area (Å²) in [6.45, 7) is 12.9. The molecule has 156 valence electrons. The molecule has 1 rings (SSSR count). The molecular formula is C22H38O4S. The van der Waals surface area contributed by atoms with Gasteiger partial charge >= 0.3 is 0 Å². The maximum atomic E-state index is 10.2. The predicted octanol–water partition coefficient (Wildman–Crippen LogP) is 4.14. The fourth-order valence-corrected chi connectivity index (χ4v) is 3.07. The van der Waals surface area contributed by atoms with Crippen molar-refractivity contribution in [2.45, 2.75) is 65.6 Å². The molecule has 0 bridgehead atoms. The van der Waals surface area contributed by atoms with Crippen LogP contribution in [0.1, 0.15) is 47.1 Å². The minimum Gasteiger partial charge on any atom is -0.390 e. The average Bonchev–Trinajstić information content (AvgIpc) is 2.58. The smallest absolute Gasteiger partial charge is 0.0900 e. The maximum Gasteiger partial charge on any atom is 0.0900 e. The number of benzene rings is 1. The van der Waals surface area contributed by atoms with Gasteiger partial charge in [0, 0.05) is 11.5 Å². The van der Waals surface area contributed by atoms with Crippen molar-refractivity contribution in [1.29, 1.82) is 0 Å². The number of rotatable bonds is 11. The fourth-order valence-electron chi connectivity index (χ4n) is 2.07. The molecule has 0 aromatic heterocycles. The lowest BCUT2D eigenvalue weighted by Gasteiger charge is -2.29. The summed E-state index contributed by atoms with van der Waals surface area (Å²) in [5, 5.41) is 20.4. The fraction of sp³-hybridized carbons (Fsp3) is 0.727. The van der Waals surface area contributed by atoms with Gasteiger partial charge in [-0.05, 0) is 16.4 Å². The average molecular weight is 399 g/mol. The molecule has 0 spiro atoms. The Morgan fingerprint density at radius 3 is 1.96 bits per heavy atom. The van der Waals surface area contributed by atoms with Gasteiger partial charge < -0.3 is 19.7 Å². The first-order valence-electron chi connectivity index (χ1n) is 9.67. The van der Waals surface area contributed by atoms with Crippen molar-refractivity contribution in [3.8, 4) is 0 Å². The van der Waals surface area contributed by atoms with Crippen molar-refractivity contribution < 1.29 is 19.7 Å². The molecule has 4 nitrogen and oxygen atoms in total. The van der Waals surface area contributed by atoms with Crippen molar-refractivity contribution in [3.63, 3.8) is 0 Å². The van der Waals surface area contributed by atoms with Crippen LogP contribution in [-0.4, -0.2) is 54.1 Å². The van der Waals surface area contributed by atoms with Crippen LogP contribution in [0.4, 0.5) is 0 Å². The third-order valence-electron chi connectivity index (χ3n) is 4.48. The molecule has 5 heteroatoms. The van der Waals surface area contributed by atoms with Gasteiger partial charge in [0.1, 0.15) is 0 Å². The highest BCUT2D eigenvalue weighted by Crippen LogP contribution is 2.22. The zero-order valence-electron chi connectivity index (χ0n) is 17.8. The van der Waals surface area contributed by atoms with Crippen LogP contribution in [-0.2, 0) is 15.2 Å².